The lowest BCUT2D eigenvalue weighted by Crippen LogP contribution is -2.49. The summed E-state index contributed by atoms with van der Waals surface area (Å²) in [5, 5.41) is 2.46. The van der Waals surface area contributed by atoms with Gasteiger partial charge in [0, 0.05) is 48.3 Å². The molecule has 2 aliphatic rings. The van der Waals surface area contributed by atoms with Gasteiger partial charge >= 0.3 is 0 Å². The first-order valence-corrected chi connectivity index (χ1v) is 10.7. The highest BCUT2D eigenvalue weighted by atomic mass is 32.1. The third-order valence-electron chi connectivity index (χ3n) is 5.58. The lowest BCUT2D eigenvalue weighted by Gasteiger charge is -2.39. The monoisotopic (exact) mass is 407 g/mol. The van der Waals surface area contributed by atoms with Gasteiger partial charge in [-0.1, -0.05) is 11.3 Å². The normalized spacial score (nSPS) is 23.0. The van der Waals surface area contributed by atoms with Gasteiger partial charge < -0.3 is 14.4 Å². The van der Waals surface area contributed by atoms with E-state index in [9.17, 15) is 4.79 Å². The van der Waals surface area contributed by atoms with Crippen LogP contribution in [-0.4, -0.2) is 39.0 Å². The molecule has 29 heavy (non-hydrogen) atoms. The maximum absolute atomic E-state index is 13.2. The third-order valence-corrected chi connectivity index (χ3v) is 6.23. The van der Waals surface area contributed by atoms with Crippen LogP contribution in [0.25, 0.3) is 0 Å². The molecule has 3 aromatic rings. The van der Waals surface area contributed by atoms with Gasteiger partial charge in [-0.3, -0.25) is 9.78 Å². The Morgan fingerprint density at radius 3 is 2.48 bits per heavy atom. The maximum atomic E-state index is 13.2. The van der Waals surface area contributed by atoms with Crippen LogP contribution in [0.3, 0.4) is 0 Å². The lowest BCUT2D eigenvalue weighted by atomic mass is 9.98. The van der Waals surface area contributed by atoms with E-state index in [2.05, 4.69) is 14.9 Å². The second-order valence-corrected chi connectivity index (χ2v) is 8.28. The topological polar surface area (TPSA) is 64.5 Å². The molecule has 0 spiro atoms. The van der Waals surface area contributed by atoms with Gasteiger partial charge in [0.25, 0.3) is 11.1 Å². The van der Waals surface area contributed by atoms with Crippen molar-refractivity contribution in [1.29, 1.82) is 0 Å². The van der Waals surface area contributed by atoms with Gasteiger partial charge in [-0.25, -0.2) is 4.98 Å². The zero-order valence-electron chi connectivity index (χ0n) is 15.8. The van der Waals surface area contributed by atoms with Gasteiger partial charge in [0.05, 0.1) is 6.20 Å². The Labute approximate surface area is 173 Å². The molecule has 2 unspecified atom stereocenters. The largest absolute Gasteiger partial charge is 0.489 e. The van der Waals surface area contributed by atoms with Crippen LogP contribution >= 0.6 is 11.3 Å². The SMILES string of the molecule is O=C(c1ccc(Oc2nccs2)cc1)N1C2CCC1CC(Oc1cccnc1)C2. The van der Waals surface area contributed by atoms with Crippen LogP contribution < -0.4 is 9.47 Å². The fraction of sp³-hybridized carbons (Fsp3) is 0.318. The Kier molecular flexibility index (Phi) is 4.89. The minimum absolute atomic E-state index is 0.0955. The molecule has 6 nitrogen and oxygen atoms in total. The van der Waals surface area contributed by atoms with Crippen LogP contribution in [-0.2, 0) is 0 Å². The third kappa shape index (κ3) is 3.82. The van der Waals surface area contributed by atoms with Gasteiger partial charge in [0.2, 0.25) is 0 Å². The van der Waals surface area contributed by atoms with Crippen LogP contribution in [0.4, 0.5) is 0 Å². The molecule has 0 N–H and O–H groups in total. The van der Waals surface area contributed by atoms with Crippen LogP contribution in [0.15, 0.2) is 60.4 Å². The molecule has 0 aliphatic carbocycles. The number of ether oxygens (including phenoxy) is 2. The second kappa shape index (κ2) is 7.83. The summed E-state index contributed by atoms with van der Waals surface area (Å²) in [6.07, 6.45) is 9.12. The highest BCUT2D eigenvalue weighted by Gasteiger charge is 2.44. The summed E-state index contributed by atoms with van der Waals surface area (Å²) in [6.45, 7) is 0. The van der Waals surface area contributed by atoms with Gasteiger partial charge in [-0.2, -0.15) is 0 Å². The molecule has 0 saturated carbocycles. The number of benzene rings is 1. The summed E-state index contributed by atoms with van der Waals surface area (Å²) in [5.74, 6) is 1.58. The zero-order valence-corrected chi connectivity index (χ0v) is 16.6. The summed E-state index contributed by atoms with van der Waals surface area (Å²) in [5.41, 5.74) is 0.694. The second-order valence-electron chi connectivity index (χ2n) is 7.42. The predicted octanol–water partition coefficient (Wildman–Crippen LogP) is 4.55. The highest BCUT2D eigenvalue weighted by molar-refractivity contribution is 7.11. The van der Waals surface area contributed by atoms with Crippen molar-refractivity contribution in [3.05, 3.63) is 65.9 Å². The molecule has 2 bridgehead atoms. The number of hydrogen-bond acceptors (Lipinski definition) is 6. The number of amides is 1. The van der Waals surface area contributed by atoms with E-state index in [0.717, 1.165) is 31.4 Å². The fourth-order valence-corrected chi connectivity index (χ4v) is 4.84. The molecular formula is C22H21N3O3S. The van der Waals surface area contributed by atoms with E-state index in [-0.39, 0.29) is 24.1 Å². The molecule has 148 valence electrons. The van der Waals surface area contributed by atoms with Gasteiger partial charge in [0.1, 0.15) is 17.6 Å². The van der Waals surface area contributed by atoms with Crippen molar-refractivity contribution in [3.63, 3.8) is 0 Å². The van der Waals surface area contributed by atoms with Crippen molar-refractivity contribution in [2.24, 2.45) is 0 Å². The van der Waals surface area contributed by atoms with E-state index in [0.29, 0.717) is 16.5 Å². The molecule has 2 saturated heterocycles. The first-order chi connectivity index (χ1) is 14.3. The molecule has 2 fully saturated rings. The standard InChI is InChI=1S/C22H21N3O3S/c26-21(15-3-7-18(8-4-15)28-22-24-10-11-29-22)25-16-5-6-17(25)13-20(12-16)27-19-2-1-9-23-14-19/h1-4,7-11,14,16-17,20H,5-6,12-13H2. The van der Waals surface area contributed by atoms with Crippen molar-refractivity contribution in [2.75, 3.05) is 0 Å². The van der Waals surface area contributed by atoms with Crippen LogP contribution in [0.2, 0.25) is 0 Å². The summed E-state index contributed by atoms with van der Waals surface area (Å²) < 4.78 is 11.8. The minimum Gasteiger partial charge on any atom is -0.489 e. The first kappa shape index (κ1) is 18.1. The number of piperidine rings is 1. The van der Waals surface area contributed by atoms with E-state index >= 15 is 0 Å². The maximum Gasteiger partial charge on any atom is 0.278 e. The molecule has 2 atom stereocenters. The van der Waals surface area contributed by atoms with E-state index < -0.39 is 0 Å². The molecule has 1 aromatic carbocycles. The Balaban J connectivity index is 1.25. The number of nitrogens with zero attached hydrogens (tertiary/aromatic N) is 3. The number of fused-ring (bicyclic) bond motifs is 2. The Morgan fingerprint density at radius 2 is 1.83 bits per heavy atom. The number of rotatable bonds is 5. The minimum atomic E-state index is 0.0955. The average Bonchev–Trinajstić information content (AvgIpc) is 3.35. The summed E-state index contributed by atoms with van der Waals surface area (Å²) in [6, 6.07) is 11.6. The molecule has 2 aliphatic heterocycles. The number of carbonyl (C=O) groups is 1. The van der Waals surface area contributed by atoms with Crippen molar-refractivity contribution in [1.82, 2.24) is 14.9 Å². The molecule has 7 heteroatoms. The van der Waals surface area contributed by atoms with E-state index in [1.165, 1.54) is 11.3 Å². The molecule has 2 aromatic heterocycles. The summed E-state index contributed by atoms with van der Waals surface area (Å²) in [4.78, 5) is 23.5. The smallest absolute Gasteiger partial charge is 0.278 e. The molecule has 5 rings (SSSR count). The van der Waals surface area contributed by atoms with Crippen LogP contribution in [0.5, 0.6) is 16.7 Å². The van der Waals surface area contributed by atoms with E-state index in [1.54, 1.807) is 18.6 Å². The predicted molar refractivity (Wildman–Crippen MR) is 109 cm³/mol. The number of hydrogen-bond donors (Lipinski definition) is 0. The van der Waals surface area contributed by atoms with Crippen molar-refractivity contribution in [2.45, 2.75) is 43.9 Å². The number of thiazole rings is 1. The van der Waals surface area contributed by atoms with Gasteiger partial charge in [-0.05, 0) is 49.2 Å². The number of pyridine rings is 1. The first-order valence-electron chi connectivity index (χ1n) is 9.83. The quantitative estimate of drug-likeness (QED) is 0.621. The van der Waals surface area contributed by atoms with Crippen LogP contribution in [0, 0.1) is 0 Å². The van der Waals surface area contributed by atoms with Crippen LogP contribution in [0.1, 0.15) is 36.0 Å². The Hall–Kier alpha value is -2.93. The summed E-state index contributed by atoms with van der Waals surface area (Å²) >= 11 is 1.44. The zero-order chi connectivity index (χ0) is 19.6. The fourth-order valence-electron chi connectivity index (χ4n) is 4.34. The summed E-state index contributed by atoms with van der Waals surface area (Å²) in [7, 11) is 0. The molecule has 1 amide bonds. The van der Waals surface area contributed by atoms with Crippen molar-refractivity contribution < 1.29 is 14.3 Å². The number of aromatic nitrogens is 2. The number of carbonyl (C=O) groups excluding carboxylic acids is 1. The van der Waals surface area contributed by atoms with Crippen molar-refractivity contribution in [3.8, 4) is 16.7 Å². The van der Waals surface area contributed by atoms with Crippen molar-refractivity contribution >= 4 is 17.2 Å². The highest BCUT2D eigenvalue weighted by Crippen LogP contribution is 2.38. The lowest BCUT2D eigenvalue weighted by molar-refractivity contribution is 0.0358. The molecule has 0 radical (unpaired) electrons. The molecular weight excluding hydrogens is 386 g/mol. The van der Waals surface area contributed by atoms with E-state index in [4.69, 9.17) is 9.47 Å². The Morgan fingerprint density at radius 1 is 1.03 bits per heavy atom. The van der Waals surface area contributed by atoms with Gasteiger partial charge in [0.15, 0.2) is 0 Å². The average molecular weight is 407 g/mol. The van der Waals surface area contributed by atoms with E-state index in [1.807, 2.05) is 41.8 Å². The molecule has 4 heterocycles. The Bertz CT molecular complexity index is 949. The van der Waals surface area contributed by atoms with Gasteiger partial charge in [-0.15, -0.1) is 0 Å².